The van der Waals surface area contributed by atoms with E-state index in [1.807, 2.05) is 19.1 Å². The van der Waals surface area contributed by atoms with Gasteiger partial charge in [-0.15, -0.1) is 0 Å². The van der Waals surface area contributed by atoms with Crippen molar-refractivity contribution < 1.29 is 12.8 Å². The smallest absolute Gasteiger partial charge is 0.273 e. The molecule has 164 valence electrons. The maximum atomic E-state index is 13.4. The minimum Gasteiger partial charge on any atom is -0.273 e. The van der Waals surface area contributed by atoms with Gasteiger partial charge in [0.15, 0.2) is 0 Å². The highest BCUT2D eigenvalue weighted by atomic mass is 32.2. The lowest BCUT2D eigenvalue weighted by Gasteiger charge is -2.20. The summed E-state index contributed by atoms with van der Waals surface area (Å²) in [5, 5.41) is 5.69. The fourth-order valence-electron chi connectivity index (χ4n) is 3.56. The van der Waals surface area contributed by atoms with E-state index in [4.69, 9.17) is 0 Å². The van der Waals surface area contributed by atoms with E-state index < -0.39 is 15.8 Å². The van der Waals surface area contributed by atoms with Crippen LogP contribution >= 0.6 is 0 Å². The molecule has 0 N–H and O–H groups in total. The van der Waals surface area contributed by atoms with Crippen LogP contribution in [0, 0.1) is 5.82 Å². The molecule has 1 heterocycles. The summed E-state index contributed by atoms with van der Waals surface area (Å²) in [6.07, 6.45) is 0.515. The van der Waals surface area contributed by atoms with Gasteiger partial charge in [0.2, 0.25) is 10.0 Å². The quantitative estimate of drug-likeness (QED) is 0.437. The van der Waals surface area contributed by atoms with Gasteiger partial charge in [0.25, 0.3) is 5.56 Å². The Bertz CT molecular complexity index is 1450. The Morgan fingerprint density at radius 3 is 2.34 bits per heavy atom. The number of rotatable bonds is 6. The van der Waals surface area contributed by atoms with E-state index in [9.17, 15) is 17.6 Å². The molecule has 0 saturated carbocycles. The van der Waals surface area contributed by atoms with Gasteiger partial charge in [0.1, 0.15) is 5.82 Å². The molecule has 3 aromatic carbocycles. The van der Waals surface area contributed by atoms with Crippen LogP contribution in [0.5, 0.6) is 0 Å². The Balaban J connectivity index is 1.93. The molecule has 4 aromatic rings. The number of aromatic nitrogens is 2. The van der Waals surface area contributed by atoms with Gasteiger partial charge < -0.3 is 0 Å². The van der Waals surface area contributed by atoms with Crippen LogP contribution in [0.4, 0.5) is 10.1 Å². The second-order valence-electron chi connectivity index (χ2n) is 7.42. The van der Waals surface area contributed by atoms with Gasteiger partial charge in [-0.05, 0) is 48.9 Å². The van der Waals surface area contributed by atoms with Crippen LogP contribution < -0.4 is 9.86 Å². The van der Waals surface area contributed by atoms with Crippen LogP contribution in [0.1, 0.15) is 13.3 Å². The Morgan fingerprint density at radius 2 is 1.66 bits per heavy atom. The van der Waals surface area contributed by atoms with E-state index in [1.54, 1.807) is 36.4 Å². The van der Waals surface area contributed by atoms with E-state index in [1.165, 1.54) is 40.3 Å². The number of sulfonamides is 1. The number of halogens is 1. The molecule has 0 aliphatic carbocycles. The molecule has 1 aromatic heterocycles. The van der Waals surface area contributed by atoms with Crippen LogP contribution in [0.15, 0.2) is 77.6 Å². The number of benzene rings is 3. The van der Waals surface area contributed by atoms with Crippen molar-refractivity contribution in [2.24, 2.45) is 0 Å². The maximum Gasteiger partial charge on any atom is 0.279 e. The molecule has 4 rings (SSSR count). The highest BCUT2D eigenvalue weighted by Gasteiger charge is 2.19. The van der Waals surface area contributed by atoms with Gasteiger partial charge in [-0.25, -0.2) is 12.8 Å². The number of nitrogens with zero attached hydrogens (tertiary/aromatic N) is 3. The Morgan fingerprint density at radius 1 is 0.969 bits per heavy atom. The van der Waals surface area contributed by atoms with Gasteiger partial charge in [-0.2, -0.15) is 9.78 Å². The molecular weight excluding hydrogens is 429 g/mol. The second-order valence-corrected chi connectivity index (χ2v) is 9.54. The molecule has 0 fully saturated rings. The molecule has 8 heteroatoms. The zero-order chi connectivity index (χ0) is 22.9. The Hall–Kier alpha value is -3.52. The normalized spacial score (nSPS) is 11.6. The molecule has 0 amide bonds. The summed E-state index contributed by atoms with van der Waals surface area (Å²) in [5.74, 6) is -0.364. The lowest BCUT2D eigenvalue weighted by atomic mass is 10.0. The second kappa shape index (κ2) is 8.55. The molecular formula is C24H22FN3O3S. The van der Waals surface area contributed by atoms with Crippen molar-refractivity contribution in [2.75, 3.05) is 17.1 Å². The van der Waals surface area contributed by atoms with Gasteiger partial charge in [-0.1, -0.05) is 37.3 Å². The fourth-order valence-corrected chi connectivity index (χ4v) is 4.79. The Kier molecular flexibility index (Phi) is 5.80. The predicted molar refractivity (Wildman–Crippen MR) is 125 cm³/mol. The highest BCUT2D eigenvalue weighted by Crippen LogP contribution is 2.29. The van der Waals surface area contributed by atoms with Crippen molar-refractivity contribution in [1.29, 1.82) is 0 Å². The topological polar surface area (TPSA) is 72.3 Å². The van der Waals surface area contributed by atoms with Gasteiger partial charge in [-0.3, -0.25) is 9.10 Å². The number of fused-ring (bicyclic) bond motifs is 1. The first-order valence-electron chi connectivity index (χ1n) is 10.2. The third-order valence-corrected chi connectivity index (χ3v) is 7.21. The largest absolute Gasteiger partial charge is 0.279 e. The van der Waals surface area contributed by atoms with Gasteiger partial charge in [0.05, 0.1) is 28.2 Å². The molecule has 0 unspecified atom stereocenters. The van der Waals surface area contributed by atoms with Crippen LogP contribution in [-0.4, -0.2) is 31.0 Å². The lowest BCUT2D eigenvalue weighted by Crippen LogP contribution is -2.28. The summed E-state index contributed by atoms with van der Waals surface area (Å²) < 4.78 is 41.0. The zero-order valence-corrected chi connectivity index (χ0v) is 18.5. The van der Waals surface area contributed by atoms with E-state index in [2.05, 4.69) is 5.10 Å². The van der Waals surface area contributed by atoms with E-state index in [0.717, 1.165) is 0 Å². The van der Waals surface area contributed by atoms with Gasteiger partial charge in [0, 0.05) is 18.0 Å². The minimum absolute atomic E-state index is 0.0460. The van der Waals surface area contributed by atoms with E-state index in [-0.39, 0.29) is 11.3 Å². The first-order valence-corrected chi connectivity index (χ1v) is 11.8. The van der Waals surface area contributed by atoms with Crippen molar-refractivity contribution in [1.82, 2.24) is 9.78 Å². The van der Waals surface area contributed by atoms with E-state index in [0.29, 0.717) is 39.8 Å². The third-order valence-electron chi connectivity index (χ3n) is 5.24. The standard InChI is InChI=1S/C24H22FN3O3S/c1-3-15-32(30,31)27(2)20-8-6-7-17(16-20)23-21-9-4-5-10-22(21)24(29)28(26-23)19-13-11-18(25)12-14-19/h4-14,16H,3,15H2,1-2H3. The molecule has 0 bridgehead atoms. The van der Waals surface area contributed by atoms with Crippen LogP contribution in [0.2, 0.25) is 0 Å². The Labute approximate surface area is 185 Å². The summed E-state index contributed by atoms with van der Waals surface area (Å²) >= 11 is 0. The SMILES string of the molecule is CCCS(=O)(=O)N(C)c1cccc(-c2nn(-c3ccc(F)cc3)c(=O)c3ccccc23)c1. The first kappa shape index (κ1) is 21.7. The van der Waals surface area contributed by atoms with Gasteiger partial charge >= 0.3 is 0 Å². The summed E-state index contributed by atoms with van der Waals surface area (Å²) in [5.41, 5.74) is 1.79. The minimum atomic E-state index is -3.44. The van der Waals surface area contributed by atoms with Crippen molar-refractivity contribution in [3.8, 4) is 16.9 Å². The summed E-state index contributed by atoms with van der Waals surface area (Å²) in [4.78, 5) is 13.1. The molecule has 0 atom stereocenters. The molecule has 0 saturated heterocycles. The lowest BCUT2D eigenvalue weighted by molar-refractivity contribution is 0.593. The molecule has 6 nitrogen and oxygen atoms in total. The first-order chi connectivity index (χ1) is 15.3. The van der Waals surface area contributed by atoms with Crippen molar-refractivity contribution in [2.45, 2.75) is 13.3 Å². The fraction of sp³-hybridized carbons (Fsp3) is 0.167. The van der Waals surface area contributed by atoms with Crippen LogP contribution in [-0.2, 0) is 10.0 Å². The molecule has 0 aliphatic heterocycles. The summed E-state index contributed by atoms with van der Waals surface area (Å²) in [6, 6.07) is 19.6. The van der Waals surface area contributed by atoms with Crippen molar-refractivity contribution in [3.05, 3.63) is 89.0 Å². The molecule has 0 radical (unpaired) electrons. The van der Waals surface area contributed by atoms with Crippen LogP contribution in [0.25, 0.3) is 27.7 Å². The number of hydrogen-bond acceptors (Lipinski definition) is 4. The average Bonchev–Trinajstić information content (AvgIpc) is 2.80. The average molecular weight is 452 g/mol. The maximum absolute atomic E-state index is 13.4. The molecule has 0 aliphatic rings. The molecule has 0 spiro atoms. The predicted octanol–water partition coefficient (Wildman–Crippen LogP) is 4.37. The highest BCUT2D eigenvalue weighted by molar-refractivity contribution is 7.92. The van der Waals surface area contributed by atoms with Crippen molar-refractivity contribution in [3.63, 3.8) is 0 Å². The third kappa shape index (κ3) is 4.01. The number of hydrogen-bond donors (Lipinski definition) is 0. The zero-order valence-electron chi connectivity index (χ0n) is 17.7. The summed E-state index contributed by atoms with van der Waals surface area (Å²) in [7, 11) is -1.92. The monoisotopic (exact) mass is 451 g/mol. The van der Waals surface area contributed by atoms with Crippen molar-refractivity contribution >= 4 is 26.5 Å². The van der Waals surface area contributed by atoms with E-state index >= 15 is 0 Å². The summed E-state index contributed by atoms with van der Waals surface area (Å²) in [6.45, 7) is 1.82. The molecule has 32 heavy (non-hydrogen) atoms. The number of anilines is 1. The van der Waals surface area contributed by atoms with Crippen LogP contribution in [0.3, 0.4) is 0 Å².